The van der Waals surface area contributed by atoms with Gasteiger partial charge >= 0.3 is 0 Å². The summed E-state index contributed by atoms with van der Waals surface area (Å²) in [4.78, 5) is 2.34. The molecule has 0 unspecified atom stereocenters. The molecule has 64 heavy (non-hydrogen) atoms. The van der Waals surface area contributed by atoms with Gasteiger partial charge in [0, 0.05) is 27.8 Å². The number of benzene rings is 11. The van der Waals surface area contributed by atoms with Gasteiger partial charge in [0.25, 0.3) is 0 Å². The van der Waals surface area contributed by atoms with Crippen LogP contribution in [-0.4, -0.2) is 0 Å². The zero-order valence-corrected chi connectivity index (χ0v) is 35.0. The summed E-state index contributed by atoms with van der Waals surface area (Å²) in [5, 5.41) is 7.32. The van der Waals surface area contributed by atoms with Crippen molar-refractivity contribution < 1.29 is 4.42 Å². The van der Waals surface area contributed by atoms with Crippen molar-refractivity contribution in [1.82, 2.24) is 0 Å². The van der Waals surface area contributed by atoms with E-state index in [0.29, 0.717) is 0 Å². The van der Waals surface area contributed by atoms with Gasteiger partial charge in [-0.25, -0.2) is 0 Å². The van der Waals surface area contributed by atoms with Gasteiger partial charge in [-0.2, -0.15) is 0 Å². The molecule has 1 heterocycles. The minimum absolute atomic E-state index is 0.899. The minimum Gasteiger partial charge on any atom is -0.456 e. The highest BCUT2D eigenvalue weighted by Gasteiger charge is 2.15. The summed E-state index contributed by atoms with van der Waals surface area (Å²) in [6.07, 6.45) is 0. The largest absolute Gasteiger partial charge is 0.456 e. The zero-order chi connectivity index (χ0) is 42.4. The predicted octanol–water partition coefficient (Wildman–Crippen LogP) is 17.7. The smallest absolute Gasteiger partial charge is 0.136 e. The summed E-state index contributed by atoms with van der Waals surface area (Å²) in [6.45, 7) is 0. The molecule has 0 saturated carbocycles. The number of fused-ring (bicyclic) bond motifs is 5. The van der Waals surface area contributed by atoms with E-state index in [2.05, 4.69) is 241 Å². The number of rotatable bonds is 8. The lowest BCUT2D eigenvalue weighted by Crippen LogP contribution is -2.09. The molecule has 0 bridgehead atoms. The van der Waals surface area contributed by atoms with Gasteiger partial charge in [0.15, 0.2) is 0 Å². The number of hydrogen-bond acceptors (Lipinski definition) is 2. The third-order valence-electron chi connectivity index (χ3n) is 12.7. The van der Waals surface area contributed by atoms with Gasteiger partial charge in [0.2, 0.25) is 0 Å². The summed E-state index contributed by atoms with van der Waals surface area (Å²) in [5.74, 6) is 0. The molecule has 2 nitrogen and oxygen atoms in total. The van der Waals surface area contributed by atoms with Gasteiger partial charge in [0.1, 0.15) is 11.2 Å². The maximum absolute atomic E-state index is 6.25. The van der Waals surface area contributed by atoms with Crippen LogP contribution in [-0.2, 0) is 0 Å². The summed E-state index contributed by atoms with van der Waals surface area (Å²) < 4.78 is 6.25. The predicted molar refractivity (Wildman–Crippen MR) is 271 cm³/mol. The number of anilines is 3. The maximum atomic E-state index is 6.25. The summed E-state index contributed by atoms with van der Waals surface area (Å²) in [5.41, 5.74) is 17.0. The van der Waals surface area contributed by atoms with Crippen molar-refractivity contribution in [2.75, 3.05) is 4.90 Å². The van der Waals surface area contributed by atoms with E-state index in [1.54, 1.807) is 0 Å². The number of furan rings is 1. The Morgan fingerprint density at radius 3 is 1.06 bits per heavy atom. The van der Waals surface area contributed by atoms with E-state index < -0.39 is 0 Å². The molecule has 0 aliphatic carbocycles. The van der Waals surface area contributed by atoms with Crippen molar-refractivity contribution in [3.63, 3.8) is 0 Å². The molecule has 0 fully saturated rings. The molecular weight excluding hydrogens is 775 g/mol. The van der Waals surface area contributed by atoms with Crippen molar-refractivity contribution in [2.24, 2.45) is 0 Å². The van der Waals surface area contributed by atoms with Crippen molar-refractivity contribution in [3.05, 3.63) is 249 Å². The lowest BCUT2D eigenvalue weighted by molar-refractivity contribution is 0.669. The van der Waals surface area contributed by atoms with Crippen LogP contribution in [0.15, 0.2) is 253 Å². The highest BCUT2D eigenvalue weighted by molar-refractivity contribution is 6.06. The third-order valence-corrected chi connectivity index (χ3v) is 12.7. The standard InChI is InChI=1S/C62H41NO/c1-3-13-55-47(9-1)11-7-16-57(55)49-23-19-42(20-24-49)44-27-34-52(35-28-44)63(54-38-31-46(32-39-54)51-33-40-60-59-15-5-6-18-61(59)64-62(60)41-51)53-36-29-45(30-37-53)43-21-25-50(26-22-43)58-17-8-12-48-10-2-4-14-56(48)58/h1-41H. The lowest BCUT2D eigenvalue weighted by Gasteiger charge is -2.26. The Labute approximate surface area is 372 Å². The second kappa shape index (κ2) is 15.8. The highest BCUT2D eigenvalue weighted by Crippen LogP contribution is 2.40. The van der Waals surface area contributed by atoms with E-state index in [1.807, 2.05) is 12.1 Å². The molecule has 11 aromatic carbocycles. The summed E-state index contributed by atoms with van der Waals surface area (Å²) in [6, 6.07) is 89.6. The Hall–Kier alpha value is -8.46. The van der Waals surface area contributed by atoms with Crippen LogP contribution >= 0.6 is 0 Å². The SMILES string of the molecule is c1ccc2c(-c3ccc(-c4ccc(N(c5ccc(-c6ccc(-c7cccc8ccccc78)cc6)cc5)c5ccc(-c6ccc7c(c6)oc6ccccc67)cc5)cc4)cc3)cccc2c1. The van der Waals surface area contributed by atoms with Crippen LogP contribution in [0.3, 0.4) is 0 Å². The van der Waals surface area contributed by atoms with Gasteiger partial charge in [-0.3, -0.25) is 0 Å². The first-order valence-electron chi connectivity index (χ1n) is 21.9. The molecule has 12 rings (SSSR count). The van der Waals surface area contributed by atoms with Gasteiger partial charge in [0.05, 0.1) is 0 Å². The summed E-state index contributed by atoms with van der Waals surface area (Å²) >= 11 is 0. The highest BCUT2D eigenvalue weighted by atomic mass is 16.3. The quantitative estimate of drug-likeness (QED) is 0.152. The average Bonchev–Trinajstić information content (AvgIpc) is 3.75. The van der Waals surface area contributed by atoms with Crippen molar-refractivity contribution in [2.45, 2.75) is 0 Å². The normalized spacial score (nSPS) is 11.4. The lowest BCUT2D eigenvalue weighted by atomic mass is 9.96. The fraction of sp³-hybridized carbons (Fsp3) is 0. The van der Waals surface area contributed by atoms with E-state index in [-0.39, 0.29) is 0 Å². The topological polar surface area (TPSA) is 16.4 Å². The zero-order valence-electron chi connectivity index (χ0n) is 35.0. The number of hydrogen-bond donors (Lipinski definition) is 0. The van der Waals surface area contributed by atoms with Crippen LogP contribution in [0.4, 0.5) is 17.1 Å². The molecule has 0 aliphatic heterocycles. The Balaban J connectivity index is 0.867. The van der Waals surface area contributed by atoms with Gasteiger partial charge in [-0.15, -0.1) is 0 Å². The molecule has 0 radical (unpaired) electrons. The van der Waals surface area contributed by atoms with Crippen molar-refractivity contribution in [1.29, 1.82) is 0 Å². The first-order chi connectivity index (χ1) is 31.7. The monoisotopic (exact) mass is 815 g/mol. The molecule has 12 aromatic rings. The van der Waals surface area contributed by atoms with Crippen LogP contribution in [0.2, 0.25) is 0 Å². The minimum atomic E-state index is 0.899. The molecule has 1 aromatic heterocycles. The van der Waals surface area contributed by atoms with E-state index in [9.17, 15) is 0 Å². The van der Waals surface area contributed by atoms with Gasteiger partial charge in [-0.05, 0) is 132 Å². The second-order valence-corrected chi connectivity index (χ2v) is 16.5. The van der Waals surface area contributed by atoms with E-state index in [0.717, 1.165) is 50.1 Å². The third kappa shape index (κ3) is 6.79. The molecule has 0 spiro atoms. The Bertz CT molecular complexity index is 3440. The summed E-state index contributed by atoms with van der Waals surface area (Å²) in [7, 11) is 0. The van der Waals surface area contributed by atoms with Crippen LogP contribution in [0, 0.1) is 0 Å². The molecule has 0 atom stereocenters. The van der Waals surface area contributed by atoms with Crippen LogP contribution in [0.5, 0.6) is 0 Å². The molecule has 0 saturated heterocycles. The first kappa shape index (κ1) is 37.3. The van der Waals surface area contributed by atoms with Gasteiger partial charge < -0.3 is 9.32 Å². The van der Waals surface area contributed by atoms with E-state index in [4.69, 9.17) is 4.42 Å². The van der Waals surface area contributed by atoms with Crippen LogP contribution < -0.4 is 4.90 Å². The fourth-order valence-corrected chi connectivity index (χ4v) is 9.40. The van der Waals surface area contributed by atoms with Crippen molar-refractivity contribution >= 4 is 60.5 Å². The van der Waals surface area contributed by atoms with Gasteiger partial charge in [-0.1, -0.05) is 194 Å². The van der Waals surface area contributed by atoms with Crippen LogP contribution in [0.25, 0.3) is 99.1 Å². The number of para-hydroxylation sites is 1. The Morgan fingerprint density at radius 2 is 0.578 bits per heavy atom. The molecule has 2 heteroatoms. The van der Waals surface area contributed by atoms with Crippen molar-refractivity contribution in [3.8, 4) is 55.6 Å². The maximum Gasteiger partial charge on any atom is 0.136 e. The van der Waals surface area contributed by atoms with E-state index >= 15 is 0 Å². The van der Waals surface area contributed by atoms with Crippen LogP contribution in [0.1, 0.15) is 0 Å². The first-order valence-corrected chi connectivity index (χ1v) is 21.9. The average molecular weight is 816 g/mol. The number of nitrogens with zero attached hydrogens (tertiary/aromatic N) is 1. The molecular formula is C62H41NO. The second-order valence-electron chi connectivity index (χ2n) is 16.5. The molecule has 0 N–H and O–H groups in total. The molecule has 0 aliphatic rings. The molecule has 0 amide bonds. The molecule has 300 valence electrons. The Morgan fingerprint density at radius 1 is 0.234 bits per heavy atom. The Kier molecular flexibility index (Phi) is 9.20. The van der Waals surface area contributed by atoms with E-state index in [1.165, 1.54) is 66.1 Å². The fourth-order valence-electron chi connectivity index (χ4n) is 9.40.